The van der Waals surface area contributed by atoms with Crippen molar-refractivity contribution in [2.75, 3.05) is 0 Å². The van der Waals surface area contributed by atoms with Crippen LogP contribution in [0.2, 0.25) is 0 Å². The van der Waals surface area contributed by atoms with Crippen molar-refractivity contribution in [3.05, 3.63) is 24.3 Å². The second-order valence-corrected chi connectivity index (χ2v) is 4.67. The average molecular weight is 252 g/mol. The first kappa shape index (κ1) is 14.0. The van der Waals surface area contributed by atoms with Gasteiger partial charge < -0.3 is 14.4 Å². The minimum Gasteiger partial charge on any atom is -0.478 e. The molecule has 98 valence electrons. The molecule has 0 aliphatic rings. The van der Waals surface area contributed by atoms with Crippen molar-refractivity contribution < 1.29 is 19.4 Å². The SMILES string of the molecule is CC(C)(C)OC(=O)Cn1ccnc1/C=C/C(=O)O. The van der Waals surface area contributed by atoms with Gasteiger partial charge in [0, 0.05) is 18.5 Å². The van der Waals surface area contributed by atoms with Crippen LogP contribution in [-0.2, 0) is 20.9 Å². The third-order valence-electron chi connectivity index (χ3n) is 1.84. The molecule has 0 saturated heterocycles. The van der Waals surface area contributed by atoms with E-state index in [9.17, 15) is 9.59 Å². The van der Waals surface area contributed by atoms with Crippen LogP contribution < -0.4 is 0 Å². The van der Waals surface area contributed by atoms with Gasteiger partial charge in [-0.25, -0.2) is 9.78 Å². The number of aliphatic carboxylic acids is 1. The van der Waals surface area contributed by atoms with Crippen molar-refractivity contribution in [2.45, 2.75) is 32.9 Å². The quantitative estimate of drug-likeness (QED) is 0.645. The summed E-state index contributed by atoms with van der Waals surface area (Å²) in [6.45, 7) is 5.34. The zero-order valence-corrected chi connectivity index (χ0v) is 10.6. The van der Waals surface area contributed by atoms with Crippen LogP contribution in [0.4, 0.5) is 0 Å². The molecule has 0 saturated carbocycles. The van der Waals surface area contributed by atoms with Crippen LogP contribution in [0.15, 0.2) is 18.5 Å². The van der Waals surface area contributed by atoms with Crippen molar-refractivity contribution in [2.24, 2.45) is 0 Å². The summed E-state index contributed by atoms with van der Waals surface area (Å²) in [4.78, 5) is 25.9. The average Bonchev–Trinajstić information content (AvgIpc) is 2.59. The predicted octanol–water partition coefficient (Wildman–Crippen LogP) is 1.32. The van der Waals surface area contributed by atoms with Crippen LogP contribution in [-0.4, -0.2) is 32.2 Å². The highest BCUT2D eigenvalue weighted by molar-refractivity contribution is 5.84. The van der Waals surface area contributed by atoms with Gasteiger partial charge in [-0.15, -0.1) is 0 Å². The standard InChI is InChI=1S/C12H16N2O4/c1-12(2,3)18-11(17)8-14-7-6-13-9(14)4-5-10(15)16/h4-7H,8H2,1-3H3,(H,15,16)/b5-4+. The highest BCUT2D eigenvalue weighted by Gasteiger charge is 2.17. The van der Waals surface area contributed by atoms with Crippen LogP contribution in [0.3, 0.4) is 0 Å². The number of imidazole rings is 1. The summed E-state index contributed by atoms with van der Waals surface area (Å²) in [6.07, 6.45) is 5.37. The van der Waals surface area contributed by atoms with E-state index in [0.29, 0.717) is 5.82 Å². The van der Waals surface area contributed by atoms with Crippen molar-refractivity contribution in [3.8, 4) is 0 Å². The highest BCUT2D eigenvalue weighted by Crippen LogP contribution is 2.09. The predicted molar refractivity (Wildman–Crippen MR) is 64.7 cm³/mol. The smallest absolute Gasteiger partial charge is 0.328 e. The monoisotopic (exact) mass is 252 g/mol. The Labute approximate surface area is 105 Å². The fourth-order valence-corrected chi connectivity index (χ4v) is 1.27. The molecule has 1 N–H and O–H groups in total. The van der Waals surface area contributed by atoms with Crippen molar-refractivity contribution in [3.63, 3.8) is 0 Å². The fourth-order valence-electron chi connectivity index (χ4n) is 1.27. The number of carbonyl (C=O) groups is 2. The molecule has 6 heteroatoms. The van der Waals surface area contributed by atoms with Crippen molar-refractivity contribution in [1.29, 1.82) is 0 Å². The molecule has 1 aromatic heterocycles. The molecule has 0 aromatic carbocycles. The number of hydrogen-bond donors (Lipinski definition) is 1. The zero-order valence-electron chi connectivity index (χ0n) is 10.6. The lowest BCUT2D eigenvalue weighted by Crippen LogP contribution is -2.26. The summed E-state index contributed by atoms with van der Waals surface area (Å²) < 4.78 is 6.68. The number of hydrogen-bond acceptors (Lipinski definition) is 4. The molecular formula is C12H16N2O4. The molecule has 1 rings (SSSR count). The molecule has 0 unspecified atom stereocenters. The fraction of sp³-hybridized carbons (Fsp3) is 0.417. The molecule has 0 bridgehead atoms. The molecule has 0 aliphatic carbocycles. The van der Waals surface area contributed by atoms with Gasteiger partial charge in [-0.2, -0.15) is 0 Å². The molecule has 0 atom stereocenters. The summed E-state index contributed by atoms with van der Waals surface area (Å²) in [6, 6.07) is 0. The molecule has 0 spiro atoms. The van der Waals surface area contributed by atoms with Gasteiger partial charge in [0.25, 0.3) is 0 Å². The lowest BCUT2D eigenvalue weighted by molar-refractivity contribution is -0.155. The van der Waals surface area contributed by atoms with Gasteiger partial charge in [0.1, 0.15) is 18.0 Å². The molecule has 1 aromatic rings. The zero-order chi connectivity index (χ0) is 13.8. The maximum Gasteiger partial charge on any atom is 0.328 e. The number of rotatable bonds is 4. The molecular weight excluding hydrogens is 236 g/mol. The summed E-state index contributed by atoms with van der Waals surface area (Å²) in [5.41, 5.74) is -0.547. The van der Waals surface area contributed by atoms with Crippen LogP contribution >= 0.6 is 0 Å². The summed E-state index contributed by atoms with van der Waals surface area (Å²) in [7, 11) is 0. The Kier molecular flexibility index (Phi) is 4.25. The number of nitrogens with zero attached hydrogens (tertiary/aromatic N) is 2. The number of aromatic nitrogens is 2. The molecule has 0 radical (unpaired) electrons. The molecule has 0 amide bonds. The van der Waals surface area contributed by atoms with Gasteiger partial charge in [-0.05, 0) is 26.8 Å². The molecule has 0 fully saturated rings. The van der Waals surface area contributed by atoms with Gasteiger partial charge in [-0.3, -0.25) is 4.79 Å². The van der Waals surface area contributed by atoms with Crippen molar-refractivity contribution in [1.82, 2.24) is 9.55 Å². The Bertz CT molecular complexity index is 469. The summed E-state index contributed by atoms with van der Waals surface area (Å²) in [5.74, 6) is -1.07. The first-order valence-electron chi connectivity index (χ1n) is 5.42. The van der Waals surface area contributed by atoms with E-state index in [1.165, 1.54) is 16.8 Å². The highest BCUT2D eigenvalue weighted by atomic mass is 16.6. The van der Waals surface area contributed by atoms with Crippen LogP contribution in [0.5, 0.6) is 0 Å². The van der Waals surface area contributed by atoms with Gasteiger partial charge in [0.2, 0.25) is 0 Å². The molecule has 18 heavy (non-hydrogen) atoms. The van der Waals surface area contributed by atoms with E-state index in [4.69, 9.17) is 9.84 Å². The van der Waals surface area contributed by atoms with E-state index in [0.717, 1.165) is 6.08 Å². The second-order valence-electron chi connectivity index (χ2n) is 4.67. The lowest BCUT2D eigenvalue weighted by atomic mass is 10.2. The topological polar surface area (TPSA) is 81.4 Å². The largest absolute Gasteiger partial charge is 0.478 e. The molecule has 1 heterocycles. The number of carbonyl (C=O) groups excluding carboxylic acids is 1. The number of ether oxygens (including phenoxy) is 1. The molecule has 6 nitrogen and oxygen atoms in total. The van der Waals surface area contributed by atoms with Gasteiger partial charge in [0.15, 0.2) is 0 Å². The van der Waals surface area contributed by atoms with Gasteiger partial charge in [0.05, 0.1) is 0 Å². The van der Waals surface area contributed by atoms with Gasteiger partial charge >= 0.3 is 11.9 Å². The first-order valence-corrected chi connectivity index (χ1v) is 5.42. The summed E-state index contributed by atoms with van der Waals surface area (Å²) >= 11 is 0. The third-order valence-corrected chi connectivity index (χ3v) is 1.84. The Morgan fingerprint density at radius 2 is 2.17 bits per heavy atom. The van der Waals surface area contributed by atoms with E-state index in [2.05, 4.69) is 4.98 Å². The minimum atomic E-state index is -1.07. The second kappa shape index (κ2) is 5.48. The maximum atomic E-state index is 11.6. The number of carboxylic acids is 1. The maximum absolute atomic E-state index is 11.6. The third kappa shape index (κ3) is 4.82. The van der Waals surface area contributed by atoms with Crippen LogP contribution in [0.1, 0.15) is 26.6 Å². The van der Waals surface area contributed by atoms with E-state index < -0.39 is 17.5 Å². The van der Waals surface area contributed by atoms with E-state index in [-0.39, 0.29) is 6.54 Å². The van der Waals surface area contributed by atoms with E-state index in [1.807, 2.05) is 0 Å². The number of carboxylic acid groups (broad SMARTS) is 1. The van der Waals surface area contributed by atoms with E-state index in [1.54, 1.807) is 27.0 Å². The van der Waals surface area contributed by atoms with Crippen LogP contribution in [0, 0.1) is 0 Å². The number of esters is 1. The Hall–Kier alpha value is -2.11. The van der Waals surface area contributed by atoms with E-state index >= 15 is 0 Å². The lowest BCUT2D eigenvalue weighted by Gasteiger charge is -2.19. The van der Waals surface area contributed by atoms with Gasteiger partial charge in [-0.1, -0.05) is 0 Å². The summed E-state index contributed by atoms with van der Waals surface area (Å²) in [5, 5.41) is 8.52. The van der Waals surface area contributed by atoms with Crippen molar-refractivity contribution >= 4 is 18.0 Å². The first-order chi connectivity index (χ1) is 8.28. The molecule has 0 aliphatic heterocycles. The van der Waals surface area contributed by atoms with Crippen LogP contribution in [0.25, 0.3) is 6.08 Å². The Morgan fingerprint density at radius 3 is 2.72 bits per heavy atom. The Balaban J connectivity index is 2.71. The minimum absolute atomic E-state index is 0.00341. The normalized spacial score (nSPS) is 11.7. The Morgan fingerprint density at radius 1 is 1.50 bits per heavy atom.